The first-order valence-corrected chi connectivity index (χ1v) is 8.88. The first-order valence-electron chi connectivity index (χ1n) is 5.13. The second kappa shape index (κ2) is 4.68. The molecule has 1 unspecified atom stereocenters. The first kappa shape index (κ1) is 10.5. The predicted octanol–water partition coefficient (Wildman–Crippen LogP) is 2.23. The molecule has 0 N–H and O–H groups in total. The van der Waals surface area contributed by atoms with Crippen LogP contribution >= 0.6 is 0 Å². The van der Waals surface area contributed by atoms with Crippen LogP contribution < -0.4 is 8.70 Å². The van der Waals surface area contributed by atoms with Gasteiger partial charge < -0.3 is 0 Å². The fraction of sp³-hybridized carbons (Fsp3) is 0.143. The van der Waals surface area contributed by atoms with E-state index >= 15 is 0 Å². The van der Waals surface area contributed by atoms with Gasteiger partial charge in [-0.2, -0.15) is 0 Å². The molecule has 1 atom stereocenters. The van der Waals surface area contributed by atoms with Gasteiger partial charge in [-0.25, -0.2) is 0 Å². The molecule has 0 aliphatic carbocycles. The summed E-state index contributed by atoms with van der Waals surface area (Å²) < 4.78 is 3.06. The summed E-state index contributed by atoms with van der Waals surface area (Å²) in [6.45, 7) is 2.16. The molecule has 0 amide bonds. The van der Waals surface area contributed by atoms with Gasteiger partial charge in [0.1, 0.15) is 0 Å². The molecule has 76 valence electrons. The average Bonchev–Trinajstić information content (AvgIpc) is 2.29. The molecule has 0 nitrogen and oxygen atoms in total. The van der Waals surface area contributed by atoms with Crippen molar-refractivity contribution in [3.63, 3.8) is 0 Å². The zero-order valence-electron chi connectivity index (χ0n) is 9.14. The van der Waals surface area contributed by atoms with Crippen molar-refractivity contribution in [3.05, 3.63) is 60.2 Å². The Morgan fingerprint density at radius 1 is 0.800 bits per heavy atom. The van der Waals surface area contributed by atoms with E-state index < -0.39 is 14.7 Å². The molecular formula is C14H15As. The molecule has 2 aromatic rings. The Bertz CT molecular complexity index is 434. The van der Waals surface area contributed by atoms with Crippen LogP contribution in [0, 0.1) is 6.92 Å². The van der Waals surface area contributed by atoms with Crippen molar-refractivity contribution in [2.24, 2.45) is 0 Å². The van der Waals surface area contributed by atoms with E-state index in [1.54, 1.807) is 0 Å². The number of rotatable bonds is 2. The minimum absolute atomic E-state index is 1.02. The van der Waals surface area contributed by atoms with Crippen LogP contribution in [0.3, 0.4) is 0 Å². The fourth-order valence-corrected chi connectivity index (χ4v) is 5.05. The van der Waals surface area contributed by atoms with E-state index in [2.05, 4.69) is 67.2 Å². The van der Waals surface area contributed by atoms with Crippen LogP contribution in [0.1, 0.15) is 5.56 Å². The molecule has 2 rings (SSSR count). The topological polar surface area (TPSA) is 0 Å². The maximum atomic E-state index is 2.40. The van der Waals surface area contributed by atoms with Crippen molar-refractivity contribution in [2.45, 2.75) is 12.6 Å². The third-order valence-electron chi connectivity index (χ3n) is 2.53. The predicted molar refractivity (Wildman–Crippen MR) is 68.5 cm³/mol. The van der Waals surface area contributed by atoms with Crippen molar-refractivity contribution < 1.29 is 0 Å². The van der Waals surface area contributed by atoms with Gasteiger partial charge in [-0.1, -0.05) is 0 Å². The van der Waals surface area contributed by atoms with Gasteiger partial charge in [-0.3, -0.25) is 0 Å². The van der Waals surface area contributed by atoms with E-state index in [4.69, 9.17) is 0 Å². The van der Waals surface area contributed by atoms with Crippen molar-refractivity contribution in [3.8, 4) is 0 Å². The quantitative estimate of drug-likeness (QED) is 0.725. The third-order valence-corrected chi connectivity index (χ3v) is 6.99. The molecule has 0 fully saturated rings. The van der Waals surface area contributed by atoms with Crippen LogP contribution in [0.2, 0.25) is 5.71 Å². The van der Waals surface area contributed by atoms with Crippen LogP contribution in [0.5, 0.6) is 0 Å². The maximum absolute atomic E-state index is 2.40. The van der Waals surface area contributed by atoms with Crippen molar-refractivity contribution >= 4 is 23.4 Å². The SMILES string of the molecule is Cc1cccc([As](C)c2ccccc2)c1. The summed E-state index contributed by atoms with van der Waals surface area (Å²) in [5.74, 6) is 0. The van der Waals surface area contributed by atoms with Gasteiger partial charge in [0.05, 0.1) is 0 Å². The molecule has 0 saturated carbocycles. The third kappa shape index (κ3) is 2.52. The van der Waals surface area contributed by atoms with Gasteiger partial charge in [0, 0.05) is 0 Å². The molecular weight excluding hydrogens is 243 g/mol. The molecule has 0 spiro atoms. The molecule has 0 aliphatic rings. The van der Waals surface area contributed by atoms with E-state index in [9.17, 15) is 0 Å². The van der Waals surface area contributed by atoms with Gasteiger partial charge >= 0.3 is 96.1 Å². The van der Waals surface area contributed by atoms with E-state index in [1.165, 1.54) is 14.3 Å². The van der Waals surface area contributed by atoms with Crippen molar-refractivity contribution in [2.75, 3.05) is 0 Å². The molecule has 0 bridgehead atoms. The van der Waals surface area contributed by atoms with Crippen LogP contribution in [-0.4, -0.2) is 14.7 Å². The van der Waals surface area contributed by atoms with Crippen LogP contribution in [0.4, 0.5) is 0 Å². The Morgan fingerprint density at radius 3 is 2.13 bits per heavy atom. The van der Waals surface area contributed by atoms with Crippen LogP contribution in [0.25, 0.3) is 0 Å². The summed E-state index contributed by atoms with van der Waals surface area (Å²) in [5.41, 5.74) is 3.77. The molecule has 0 heterocycles. The molecule has 0 radical (unpaired) electrons. The Balaban J connectivity index is 2.32. The fourth-order valence-electron chi connectivity index (χ4n) is 1.64. The van der Waals surface area contributed by atoms with Gasteiger partial charge in [-0.15, -0.1) is 0 Å². The summed E-state index contributed by atoms with van der Waals surface area (Å²) in [6.07, 6.45) is 0. The summed E-state index contributed by atoms with van der Waals surface area (Å²) in [4.78, 5) is 0. The van der Waals surface area contributed by atoms with Gasteiger partial charge in [0.15, 0.2) is 0 Å². The number of benzene rings is 2. The molecule has 1 heteroatoms. The Morgan fingerprint density at radius 2 is 1.47 bits per heavy atom. The monoisotopic (exact) mass is 258 g/mol. The second-order valence-corrected chi connectivity index (χ2v) is 8.25. The molecule has 0 saturated heterocycles. The van der Waals surface area contributed by atoms with Crippen molar-refractivity contribution in [1.29, 1.82) is 0 Å². The Kier molecular flexibility index (Phi) is 3.28. The van der Waals surface area contributed by atoms with Crippen molar-refractivity contribution in [1.82, 2.24) is 0 Å². The van der Waals surface area contributed by atoms with Gasteiger partial charge in [0.2, 0.25) is 0 Å². The van der Waals surface area contributed by atoms with E-state index in [0.717, 1.165) is 0 Å². The molecule has 2 aromatic carbocycles. The first-order chi connectivity index (χ1) is 7.27. The van der Waals surface area contributed by atoms with Crippen LogP contribution in [-0.2, 0) is 0 Å². The zero-order valence-corrected chi connectivity index (χ0v) is 11.0. The summed E-state index contributed by atoms with van der Waals surface area (Å²) >= 11 is -1.02. The standard InChI is InChI=1S/C14H15As/c1-12-7-6-10-14(11-12)15(2)13-8-4-3-5-9-13/h3-11H,1-2H3. The minimum atomic E-state index is -1.02. The normalized spacial score (nSPS) is 12.4. The summed E-state index contributed by atoms with van der Waals surface area (Å²) in [6, 6.07) is 19.8. The molecule has 15 heavy (non-hydrogen) atoms. The number of hydrogen-bond donors (Lipinski definition) is 0. The Labute approximate surface area is 96.2 Å². The number of hydrogen-bond acceptors (Lipinski definition) is 0. The summed E-state index contributed by atoms with van der Waals surface area (Å²) in [5, 5.41) is 0. The average molecular weight is 258 g/mol. The van der Waals surface area contributed by atoms with Gasteiger partial charge in [-0.05, 0) is 0 Å². The van der Waals surface area contributed by atoms with E-state index in [-0.39, 0.29) is 0 Å². The second-order valence-electron chi connectivity index (χ2n) is 3.73. The van der Waals surface area contributed by atoms with Crippen LogP contribution in [0.15, 0.2) is 54.6 Å². The zero-order chi connectivity index (χ0) is 10.7. The molecule has 0 aliphatic heterocycles. The molecule has 0 aromatic heterocycles. The Hall–Kier alpha value is -1.00. The van der Waals surface area contributed by atoms with E-state index in [1.807, 2.05) is 0 Å². The summed E-state index contributed by atoms with van der Waals surface area (Å²) in [7, 11) is 0. The number of aryl methyl sites for hydroxylation is 1. The van der Waals surface area contributed by atoms with Gasteiger partial charge in [0.25, 0.3) is 0 Å². The van der Waals surface area contributed by atoms with E-state index in [0.29, 0.717) is 0 Å².